The van der Waals surface area contributed by atoms with Gasteiger partial charge in [0.2, 0.25) is 5.88 Å². The zero-order valence-electron chi connectivity index (χ0n) is 13.3. The highest BCUT2D eigenvalue weighted by atomic mass is 79.9. The maximum absolute atomic E-state index is 5.68. The molecule has 2 aromatic heterocycles. The van der Waals surface area contributed by atoms with Crippen molar-refractivity contribution in [2.24, 2.45) is 0 Å². The third-order valence-electron chi connectivity index (χ3n) is 3.31. The van der Waals surface area contributed by atoms with E-state index < -0.39 is 0 Å². The van der Waals surface area contributed by atoms with Gasteiger partial charge in [0.05, 0.1) is 24.2 Å². The minimum atomic E-state index is 0.0673. The van der Waals surface area contributed by atoms with Crippen LogP contribution in [0.4, 0.5) is 0 Å². The molecule has 0 aliphatic rings. The summed E-state index contributed by atoms with van der Waals surface area (Å²) in [7, 11) is 1.66. The smallest absolute Gasteiger partial charge is 0.230 e. The number of methoxy groups -OCH3 is 1. The van der Waals surface area contributed by atoms with Crippen LogP contribution in [0, 0.1) is 0 Å². The van der Waals surface area contributed by atoms with E-state index >= 15 is 0 Å². The fourth-order valence-corrected chi connectivity index (χ4v) is 2.70. The lowest BCUT2D eigenvalue weighted by molar-refractivity contribution is 0.231. The van der Waals surface area contributed by atoms with Crippen molar-refractivity contribution in [3.8, 4) is 11.6 Å². The Hall–Kier alpha value is -2.08. The van der Waals surface area contributed by atoms with Gasteiger partial charge in [-0.2, -0.15) is 10.1 Å². The van der Waals surface area contributed by atoms with E-state index in [-0.39, 0.29) is 6.10 Å². The van der Waals surface area contributed by atoms with Crippen molar-refractivity contribution in [1.29, 1.82) is 0 Å². The molecular weight excluding hydrogens is 358 g/mol. The van der Waals surface area contributed by atoms with Crippen molar-refractivity contribution < 1.29 is 9.47 Å². The van der Waals surface area contributed by atoms with E-state index in [2.05, 4.69) is 26.0 Å². The number of nitrogens with zero attached hydrogens (tertiary/aromatic N) is 3. The molecular formula is C17H18BrN3O2. The summed E-state index contributed by atoms with van der Waals surface area (Å²) in [6.07, 6.45) is 2.05. The van der Waals surface area contributed by atoms with Gasteiger partial charge in [0, 0.05) is 11.6 Å². The second kappa shape index (κ2) is 6.58. The lowest BCUT2D eigenvalue weighted by Crippen LogP contribution is -2.07. The maximum Gasteiger partial charge on any atom is 0.230 e. The van der Waals surface area contributed by atoms with Crippen LogP contribution >= 0.6 is 15.9 Å². The minimum Gasteiger partial charge on any atom is -0.497 e. The summed E-state index contributed by atoms with van der Waals surface area (Å²) in [5.74, 6) is 1.42. The molecule has 0 N–H and O–H groups in total. The molecule has 5 nitrogen and oxygen atoms in total. The van der Waals surface area contributed by atoms with Gasteiger partial charge in [-0.05, 0) is 53.5 Å². The highest BCUT2D eigenvalue weighted by Crippen LogP contribution is 2.27. The van der Waals surface area contributed by atoms with E-state index in [1.54, 1.807) is 7.11 Å². The molecule has 1 aromatic carbocycles. The third-order valence-corrected chi connectivity index (χ3v) is 3.88. The van der Waals surface area contributed by atoms with Crippen molar-refractivity contribution in [2.75, 3.05) is 7.11 Å². The standard InChI is InChI=1S/C17H18BrN3O2/c1-11(2)23-17-15(18)8-13-10-21(20-16(13)19-17)9-12-4-6-14(22-3)7-5-12/h4-8,10-11H,9H2,1-3H3. The fourth-order valence-electron chi connectivity index (χ4n) is 2.27. The number of pyridine rings is 1. The van der Waals surface area contributed by atoms with Gasteiger partial charge in [0.1, 0.15) is 5.75 Å². The van der Waals surface area contributed by atoms with Crippen LogP contribution in [0.15, 0.2) is 41.0 Å². The van der Waals surface area contributed by atoms with E-state index in [0.29, 0.717) is 18.1 Å². The third kappa shape index (κ3) is 3.64. The molecule has 0 aliphatic carbocycles. The SMILES string of the molecule is COc1ccc(Cn2cc3cc(Br)c(OC(C)C)nc3n2)cc1. The zero-order chi connectivity index (χ0) is 16.4. The first-order valence-electron chi connectivity index (χ1n) is 7.38. The lowest BCUT2D eigenvalue weighted by Gasteiger charge is -2.09. The first-order chi connectivity index (χ1) is 11.0. The van der Waals surface area contributed by atoms with Gasteiger partial charge >= 0.3 is 0 Å². The summed E-state index contributed by atoms with van der Waals surface area (Å²) in [6.45, 7) is 4.62. The summed E-state index contributed by atoms with van der Waals surface area (Å²) >= 11 is 3.50. The summed E-state index contributed by atoms with van der Waals surface area (Å²) in [5, 5.41) is 5.51. The Bertz CT molecular complexity index is 813. The largest absolute Gasteiger partial charge is 0.497 e. The second-order valence-corrected chi connectivity index (χ2v) is 6.38. The molecule has 0 atom stereocenters. The topological polar surface area (TPSA) is 49.2 Å². The van der Waals surface area contributed by atoms with Gasteiger partial charge < -0.3 is 9.47 Å². The van der Waals surface area contributed by atoms with Crippen LogP contribution in [0.1, 0.15) is 19.4 Å². The summed E-state index contributed by atoms with van der Waals surface area (Å²) in [5.41, 5.74) is 1.83. The quantitative estimate of drug-likeness (QED) is 0.675. The van der Waals surface area contributed by atoms with Crippen LogP contribution in [0.2, 0.25) is 0 Å². The van der Waals surface area contributed by atoms with Crippen LogP contribution in [0.25, 0.3) is 11.0 Å². The summed E-state index contributed by atoms with van der Waals surface area (Å²) < 4.78 is 13.6. The molecule has 0 aliphatic heterocycles. The number of hydrogen-bond acceptors (Lipinski definition) is 4. The molecule has 0 saturated heterocycles. The monoisotopic (exact) mass is 375 g/mol. The Morgan fingerprint density at radius 3 is 2.61 bits per heavy atom. The highest BCUT2D eigenvalue weighted by molar-refractivity contribution is 9.10. The first-order valence-corrected chi connectivity index (χ1v) is 8.18. The van der Waals surface area contributed by atoms with Crippen LogP contribution in [0.5, 0.6) is 11.6 Å². The van der Waals surface area contributed by atoms with Gasteiger partial charge in [-0.25, -0.2) is 0 Å². The molecule has 0 radical (unpaired) electrons. The summed E-state index contributed by atoms with van der Waals surface area (Å²) in [6, 6.07) is 9.94. The van der Waals surface area contributed by atoms with Gasteiger partial charge in [-0.3, -0.25) is 4.68 Å². The van der Waals surface area contributed by atoms with Crippen LogP contribution in [-0.4, -0.2) is 28.0 Å². The Balaban J connectivity index is 1.86. The number of fused-ring (bicyclic) bond motifs is 1. The fraction of sp³-hybridized carbons (Fsp3) is 0.294. The van der Waals surface area contributed by atoms with Crippen LogP contribution in [-0.2, 0) is 6.54 Å². The molecule has 23 heavy (non-hydrogen) atoms. The normalized spacial score (nSPS) is 11.2. The van der Waals surface area contributed by atoms with E-state index in [1.165, 1.54) is 0 Å². The molecule has 0 saturated carbocycles. The summed E-state index contributed by atoms with van der Waals surface area (Å²) in [4.78, 5) is 4.48. The minimum absolute atomic E-state index is 0.0673. The molecule has 3 rings (SSSR count). The van der Waals surface area contributed by atoms with Crippen molar-refractivity contribution in [1.82, 2.24) is 14.8 Å². The lowest BCUT2D eigenvalue weighted by atomic mass is 10.2. The van der Waals surface area contributed by atoms with Crippen molar-refractivity contribution >= 4 is 27.0 Å². The maximum atomic E-state index is 5.68. The molecule has 0 amide bonds. The predicted molar refractivity (Wildman–Crippen MR) is 93.1 cm³/mol. The second-order valence-electron chi connectivity index (χ2n) is 5.53. The Morgan fingerprint density at radius 2 is 1.96 bits per heavy atom. The van der Waals surface area contributed by atoms with Crippen LogP contribution < -0.4 is 9.47 Å². The van der Waals surface area contributed by atoms with Crippen LogP contribution in [0.3, 0.4) is 0 Å². The van der Waals surface area contributed by atoms with Gasteiger partial charge in [-0.1, -0.05) is 12.1 Å². The van der Waals surface area contributed by atoms with Crippen molar-refractivity contribution in [2.45, 2.75) is 26.5 Å². The number of aromatic nitrogens is 3. The Kier molecular flexibility index (Phi) is 4.52. The van der Waals surface area contributed by atoms with Crippen molar-refractivity contribution in [3.05, 3.63) is 46.6 Å². The highest BCUT2D eigenvalue weighted by Gasteiger charge is 2.11. The average Bonchev–Trinajstić information content (AvgIpc) is 2.89. The van der Waals surface area contributed by atoms with E-state index in [0.717, 1.165) is 21.2 Å². The first kappa shape index (κ1) is 15.8. The van der Waals surface area contributed by atoms with E-state index in [1.807, 2.05) is 55.1 Å². The Morgan fingerprint density at radius 1 is 1.22 bits per heavy atom. The molecule has 0 fully saturated rings. The number of rotatable bonds is 5. The zero-order valence-corrected chi connectivity index (χ0v) is 14.9. The molecule has 0 unspecified atom stereocenters. The predicted octanol–water partition coefficient (Wildman–Crippen LogP) is 4.04. The molecule has 0 bridgehead atoms. The van der Waals surface area contributed by atoms with Crippen molar-refractivity contribution in [3.63, 3.8) is 0 Å². The molecule has 120 valence electrons. The number of ether oxygens (including phenoxy) is 2. The van der Waals surface area contributed by atoms with Gasteiger partial charge in [0.15, 0.2) is 5.65 Å². The molecule has 0 spiro atoms. The number of hydrogen-bond donors (Lipinski definition) is 0. The number of halogens is 1. The molecule has 3 aromatic rings. The molecule has 2 heterocycles. The van der Waals surface area contributed by atoms with E-state index in [4.69, 9.17) is 9.47 Å². The number of benzene rings is 1. The van der Waals surface area contributed by atoms with E-state index in [9.17, 15) is 0 Å². The Labute approximate surface area is 143 Å². The average molecular weight is 376 g/mol. The van der Waals surface area contributed by atoms with Gasteiger partial charge in [0.25, 0.3) is 0 Å². The molecule has 6 heteroatoms. The van der Waals surface area contributed by atoms with Gasteiger partial charge in [-0.15, -0.1) is 0 Å².